The molecule has 1 aromatic rings. The first-order chi connectivity index (χ1) is 4.77. The lowest BCUT2D eigenvalue weighted by molar-refractivity contribution is 0.967. The Balaban J connectivity index is 2.20. The van der Waals surface area contributed by atoms with Crippen molar-refractivity contribution in [2.24, 2.45) is 5.73 Å². The maximum Gasteiger partial charge on any atom is 0.0975 e. The van der Waals surface area contributed by atoms with E-state index in [1.807, 2.05) is 6.92 Å². The average molecular weight is 154 g/mol. The molecule has 54 valence electrons. The molecule has 1 fully saturated rings. The van der Waals surface area contributed by atoms with E-state index in [1.165, 1.54) is 5.01 Å². The first kappa shape index (κ1) is 6.31. The van der Waals surface area contributed by atoms with Crippen molar-refractivity contribution in [3.05, 3.63) is 16.1 Å². The highest BCUT2D eigenvalue weighted by Gasteiger charge is 2.36. The van der Waals surface area contributed by atoms with Crippen molar-refractivity contribution in [3.63, 3.8) is 0 Å². The molecule has 0 radical (unpaired) electrons. The van der Waals surface area contributed by atoms with Crippen molar-refractivity contribution in [3.8, 4) is 0 Å². The van der Waals surface area contributed by atoms with Gasteiger partial charge in [-0.25, -0.2) is 4.98 Å². The number of aromatic nitrogens is 1. The van der Waals surface area contributed by atoms with E-state index >= 15 is 0 Å². The number of rotatable bonds is 1. The van der Waals surface area contributed by atoms with Gasteiger partial charge in [0.15, 0.2) is 0 Å². The van der Waals surface area contributed by atoms with E-state index in [4.69, 9.17) is 5.73 Å². The molecule has 10 heavy (non-hydrogen) atoms. The van der Waals surface area contributed by atoms with Crippen molar-refractivity contribution >= 4 is 11.3 Å². The Morgan fingerprint density at radius 2 is 2.50 bits per heavy atom. The smallest absolute Gasteiger partial charge is 0.0975 e. The fraction of sp³-hybridized carbons (Fsp3) is 0.571. The van der Waals surface area contributed by atoms with Gasteiger partial charge in [-0.2, -0.15) is 0 Å². The van der Waals surface area contributed by atoms with Crippen LogP contribution in [0.4, 0.5) is 0 Å². The summed E-state index contributed by atoms with van der Waals surface area (Å²) in [5.74, 6) is 0.582. The third kappa shape index (κ3) is 0.954. The first-order valence-corrected chi connectivity index (χ1v) is 4.33. The van der Waals surface area contributed by atoms with Gasteiger partial charge in [0.25, 0.3) is 0 Å². The second-order valence-corrected chi connectivity index (χ2v) is 3.72. The van der Waals surface area contributed by atoms with Gasteiger partial charge in [-0.15, -0.1) is 11.3 Å². The minimum absolute atomic E-state index is 0.394. The molecule has 2 atom stereocenters. The third-order valence-electron chi connectivity index (χ3n) is 1.79. The van der Waals surface area contributed by atoms with Crippen LogP contribution in [-0.2, 0) is 0 Å². The average Bonchev–Trinajstić information content (AvgIpc) is 2.42. The third-order valence-corrected chi connectivity index (χ3v) is 2.89. The molecule has 1 aromatic heterocycles. The highest BCUT2D eigenvalue weighted by atomic mass is 32.1. The lowest BCUT2D eigenvalue weighted by Crippen LogP contribution is -2.00. The van der Waals surface area contributed by atoms with Crippen LogP contribution in [0.25, 0.3) is 0 Å². The number of nitrogens with zero attached hydrogens (tertiary/aromatic N) is 1. The number of aryl methyl sites for hydroxylation is 1. The maximum absolute atomic E-state index is 5.67. The molecule has 1 heterocycles. The van der Waals surface area contributed by atoms with Gasteiger partial charge >= 0.3 is 0 Å². The zero-order chi connectivity index (χ0) is 7.14. The van der Waals surface area contributed by atoms with E-state index in [-0.39, 0.29) is 0 Å². The summed E-state index contributed by atoms with van der Waals surface area (Å²) >= 11 is 1.73. The number of hydrogen-bond acceptors (Lipinski definition) is 3. The summed E-state index contributed by atoms with van der Waals surface area (Å²) in [6, 6.07) is 0.394. The molecule has 2 N–H and O–H groups in total. The molecule has 0 bridgehead atoms. The van der Waals surface area contributed by atoms with E-state index in [2.05, 4.69) is 10.4 Å². The molecule has 2 nitrogen and oxygen atoms in total. The van der Waals surface area contributed by atoms with E-state index in [9.17, 15) is 0 Å². The van der Waals surface area contributed by atoms with Crippen LogP contribution in [0.1, 0.15) is 23.0 Å². The highest BCUT2D eigenvalue weighted by Crippen LogP contribution is 2.40. The topological polar surface area (TPSA) is 38.9 Å². The van der Waals surface area contributed by atoms with Gasteiger partial charge in [0.05, 0.1) is 5.01 Å². The predicted octanol–water partition coefficient (Wildman–Crippen LogP) is 1.27. The number of nitrogens with two attached hydrogens (primary N) is 1. The van der Waals surface area contributed by atoms with Crippen molar-refractivity contribution in [2.45, 2.75) is 25.3 Å². The molecule has 1 aliphatic carbocycles. The standard InChI is InChI=1S/C7H10N2S/c1-4-3-10-7(9-4)5-2-6(5)8/h3,5-6H,2,8H2,1H3/t5-,6+/m0/s1. The van der Waals surface area contributed by atoms with Gasteiger partial charge in [0.2, 0.25) is 0 Å². The van der Waals surface area contributed by atoms with Gasteiger partial charge < -0.3 is 5.73 Å². The second-order valence-electron chi connectivity index (χ2n) is 2.83. The lowest BCUT2D eigenvalue weighted by atomic mass is 10.4. The molecule has 0 amide bonds. The molecule has 1 saturated carbocycles. The Morgan fingerprint density at radius 3 is 2.90 bits per heavy atom. The molecular weight excluding hydrogens is 144 g/mol. The van der Waals surface area contributed by atoms with Crippen LogP contribution in [0.3, 0.4) is 0 Å². The molecule has 1 aliphatic rings. The molecule has 0 aliphatic heterocycles. The molecular formula is C7H10N2S. The Kier molecular flexibility index (Phi) is 1.28. The minimum atomic E-state index is 0.394. The summed E-state index contributed by atoms with van der Waals surface area (Å²) < 4.78 is 0. The van der Waals surface area contributed by atoms with Gasteiger partial charge in [0.1, 0.15) is 0 Å². The SMILES string of the molecule is Cc1csc([C@H]2C[C@H]2N)n1. The van der Waals surface area contributed by atoms with Crippen LogP contribution in [0.5, 0.6) is 0 Å². The summed E-state index contributed by atoms with van der Waals surface area (Å²) in [6.45, 7) is 2.02. The number of hydrogen-bond donors (Lipinski definition) is 1. The number of thiazole rings is 1. The van der Waals surface area contributed by atoms with E-state index in [1.54, 1.807) is 11.3 Å². The normalized spacial score (nSPS) is 30.6. The largest absolute Gasteiger partial charge is 0.327 e. The van der Waals surface area contributed by atoms with E-state index in [0.29, 0.717) is 12.0 Å². The molecule has 0 aromatic carbocycles. The quantitative estimate of drug-likeness (QED) is 0.661. The van der Waals surface area contributed by atoms with E-state index < -0.39 is 0 Å². The molecule has 2 rings (SSSR count). The zero-order valence-corrected chi connectivity index (χ0v) is 6.69. The fourth-order valence-corrected chi connectivity index (χ4v) is 2.03. The van der Waals surface area contributed by atoms with Crippen molar-refractivity contribution < 1.29 is 0 Å². The predicted molar refractivity (Wildman–Crippen MR) is 42.2 cm³/mol. The van der Waals surface area contributed by atoms with Crippen molar-refractivity contribution in [1.29, 1.82) is 0 Å². The van der Waals surface area contributed by atoms with E-state index in [0.717, 1.165) is 12.1 Å². The second kappa shape index (κ2) is 2.04. The Morgan fingerprint density at radius 1 is 1.80 bits per heavy atom. The van der Waals surface area contributed by atoms with Crippen molar-refractivity contribution in [2.75, 3.05) is 0 Å². The molecule has 3 heteroatoms. The minimum Gasteiger partial charge on any atom is -0.327 e. The van der Waals surface area contributed by atoms with Gasteiger partial charge in [-0.1, -0.05) is 0 Å². The Labute approximate surface area is 64.1 Å². The Hall–Kier alpha value is -0.410. The first-order valence-electron chi connectivity index (χ1n) is 3.45. The summed E-state index contributed by atoms with van der Waals surface area (Å²) in [4.78, 5) is 4.36. The summed E-state index contributed by atoms with van der Waals surface area (Å²) in [5, 5.41) is 3.31. The molecule has 0 spiro atoms. The van der Waals surface area contributed by atoms with Crippen LogP contribution in [0.15, 0.2) is 5.38 Å². The zero-order valence-electron chi connectivity index (χ0n) is 5.87. The summed E-state index contributed by atoms with van der Waals surface area (Å²) in [6.07, 6.45) is 1.13. The lowest BCUT2D eigenvalue weighted by Gasteiger charge is -1.85. The summed E-state index contributed by atoms with van der Waals surface area (Å²) in [5.41, 5.74) is 6.80. The van der Waals surface area contributed by atoms with Crippen LogP contribution in [0, 0.1) is 6.92 Å². The molecule has 0 unspecified atom stereocenters. The monoisotopic (exact) mass is 154 g/mol. The highest BCUT2D eigenvalue weighted by molar-refractivity contribution is 7.09. The van der Waals surface area contributed by atoms with Gasteiger partial charge in [-0.05, 0) is 13.3 Å². The fourth-order valence-electron chi connectivity index (χ4n) is 1.04. The van der Waals surface area contributed by atoms with Crippen LogP contribution in [0.2, 0.25) is 0 Å². The van der Waals surface area contributed by atoms with Gasteiger partial charge in [-0.3, -0.25) is 0 Å². The molecule has 0 saturated heterocycles. The van der Waals surface area contributed by atoms with Crippen LogP contribution >= 0.6 is 11.3 Å². The van der Waals surface area contributed by atoms with Crippen molar-refractivity contribution in [1.82, 2.24) is 4.98 Å². The maximum atomic E-state index is 5.67. The van der Waals surface area contributed by atoms with Gasteiger partial charge in [0, 0.05) is 23.0 Å². The summed E-state index contributed by atoms with van der Waals surface area (Å²) in [7, 11) is 0. The van der Waals surface area contributed by atoms with Crippen LogP contribution < -0.4 is 5.73 Å². The van der Waals surface area contributed by atoms with Crippen LogP contribution in [-0.4, -0.2) is 11.0 Å². The Bertz CT molecular complexity index is 244.